The van der Waals surface area contributed by atoms with Crippen molar-refractivity contribution in [2.24, 2.45) is 0 Å². The summed E-state index contributed by atoms with van der Waals surface area (Å²) in [5.74, 6) is -0.378. The van der Waals surface area contributed by atoms with Gasteiger partial charge in [0.05, 0.1) is 18.3 Å². The van der Waals surface area contributed by atoms with E-state index in [-0.39, 0.29) is 17.2 Å². The Morgan fingerprint density at radius 3 is 2.06 bits per heavy atom. The molecular weight excluding hydrogens is 219 g/mol. The molecule has 5 heteroatoms. The fraction of sp³-hybridized carbons (Fsp3) is 0.750. The molecule has 0 spiro atoms. The second-order valence-corrected chi connectivity index (χ2v) is 5.18. The van der Waals surface area contributed by atoms with Crippen molar-refractivity contribution in [3.63, 3.8) is 0 Å². The third-order valence-corrected chi connectivity index (χ3v) is 3.47. The van der Waals surface area contributed by atoms with Gasteiger partial charge in [-0.25, -0.2) is 4.79 Å². The summed E-state index contributed by atoms with van der Waals surface area (Å²) >= 11 is 0. The average Bonchev–Trinajstić information content (AvgIpc) is 2.44. The summed E-state index contributed by atoms with van der Waals surface area (Å²) in [7, 11) is 0.889. The van der Waals surface area contributed by atoms with E-state index in [9.17, 15) is 4.79 Å². The molecule has 0 unspecified atom stereocenters. The summed E-state index contributed by atoms with van der Waals surface area (Å²) in [6.45, 7) is 9.90. The third-order valence-electron chi connectivity index (χ3n) is 3.47. The van der Waals surface area contributed by atoms with Crippen molar-refractivity contribution < 1.29 is 18.8 Å². The molecule has 0 amide bonds. The Hall–Kier alpha value is -0.805. The number of allylic oxidation sites excluding steroid dienone is 1. The van der Waals surface area contributed by atoms with Crippen molar-refractivity contribution in [1.82, 2.24) is 0 Å². The normalized spacial score (nSPS) is 22.7. The van der Waals surface area contributed by atoms with Crippen LogP contribution in [0.2, 0.25) is 0 Å². The summed E-state index contributed by atoms with van der Waals surface area (Å²) in [5, 5.41) is 0. The van der Waals surface area contributed by atoms with Crippen molar-refractivity contribution in [1.29, 1.82) is 0 Å². The Labute approximate surface area is 103 Å². The monoisotopic (exact) mass is 240 g/mol. The summed E-state index contributed by atoms with van der Waals surface area (Å²) in [5.41, 5.74) is 0.0277. The Bertz CT molecular complexity index is 317. The second-order valence-electron chi connectivity index (χ2n) is 5.18. The Morgan fingerprint density at radius 1 is 1.24 bits per heavy atom. The van der Waals surface area contributed by atoms with Gasteiger partial charge in [-0.05, 0) is 39.6 Å². The van der Waals surface area contributed by atoms with Crippen LogP contribution in [0.1, 0.15) is 41.0 Å². The van der Waals surface area contributed by atoms with Gasteiger partial charge in [-0.15, -0.1) is 0 Å². The van der Waals surface area contributed by atoms with Crippen molar-refractivity contribution in [3.05, 3.63) is 11.5 Å². The number of ether oxygens (including phenoxy) is 1. The van der Waals surface area contributed by atoms with Crippen molar-refractivity contribution in [2.75, 3.05) is 7.11 Å². The molecule has 17 heavy (non-hydrogen) atoms. The van der Waals surface area contributed by atoms with Gasteiger partial charge < -0.3 is 14.0 Å². The van der Waals surface area contributed by atoms with E-state index in [2.05, 4.69) is 4.74 Å². The minimum Gasteiger partial charge on any atom is -0.466 e. The van der Waals surface area contributed by atoms with E-state index in [1.165, 1.54) is 13.2 Å². The molecule has 0 atom stereocenters. The molecule has 0 bridgehead atoms. The largest absolute Gasteiger partial charge is 0.490 e. The molecule has 0 aromatic carbocycles. The minimum absolute atomic E-state index is 0.378. The van der Waals surface area contributed by atoms with Gasteiger partial charge in [-0.2, -0.15) is 0 Å². The third kappa shape index (κ3) is 2.90. The van der Waals surface area contributed by atoms with Crippen LogP contribution in [-0.2, 0) is 18.8 Å². The van der Waals surface area contributed by atoms with E-state index in [0.717, 1.165) is 5.47 Å². The highest BCUT2D eigenvalue weighted by Gasteiger charge is 2.52. The molecule has 0 aromatic heterocycles. The molecule has 0 aromatic rings. The lowest BCUT2D eigenvalue weighted by Crippen LogP contribution is -2.41. The van der Waals surface area contributed by atoms with Gasteiger partial charge in [0, 0.05) is 6.08 Å². The van der Waals surface area contributed by atoms with Gasteiger partial charge in [-0.3, -0.25) is 0 Å². The van der Waals surface area contributed by atoms with Gasteiger partial charge in [0.25, 0.3) is 0 Å². The first-order valence-electron chi connectivity index (χ1n) is 5.87. The lowest BCUT2D eigenvalue weighted by Gasteiger charge is -2.32. The summed E-state index contributed by atoms with van der Waals surface area (Å²) in [6.07, 6.45) is 2.13. The van der Waals surface area contributed by atoms with Gasteiger partial charge in [0.15, 0.2) is 0 Å². The van der Waals surface area contributed by atoms with Crippen LogP contribution in [-0.4, -0.2) is 31.4 Å². The van der Waals surface area contributed by atoms with E-state index in [0.29, 0.717) is 6.42 Å². The van der Waals surface area contributed by atoms with Gasteiger partial charge in [0.1, 0.15) is 0 Å². The van der Waals surface area contributed by atoms with E-state index >= 15 is 0 Å². The molecule has 1 fully saturated rings. The predicted octanol–water partition coefficient (Wildman–Crippen LogP) is 2.13. The zero-order chi connectivity index (χ0) is 13.3. The zero-order valence-corrected chi connectivity index (χ0v) is 11.5. The number of carbonyl (C=O) groups is 1. The topological polar surface area (TPSA) is 44.8 Å². The first kappa shape index (κ1) is 14.3. The maximum atomic E-state index is 11.3. The molecule has 1 rings (SSSR count). The van der Waals surface area contributed by atoms with Crippen molar-refractivity contribution >= 4 is 13.1 Å². The number of hydrogen-bond donors (Lipinski definition) is 0. The number of esters is 1. The van der Waals surface area contributed by atoms with Crippen LogP contribution in [0, 0.1) is 0 Å². The highest BCUT2D eigenvalue weighted by Crippen LogP contribution is 2.38. The molecule has 0 saturated carbocycles. The highest BCUT2D eigenvalue weighted by atomic mass is 16.7. The van der Waals surface area contributed by atoms with Crippen LogP contribution >= 0.6 is 0 Å². The van der Waals surface area contributed by atoms with Gasteiger partial charge in [0.2, 0.25) is 0 Å². The van der Waals surface area contributed by atoms with Crippen molar-refractivity contribution in [3.8, 4) is 0 Å². The van der Waals surface area contributed by atoms with Crippen LogP contribution in [0.3, 0.4) is 0 Å². The predicted molar refractivity (Wildman–Crippen MR) is 66.5 cm³/mol. The molecule has 0 radical (unpaired) electrons. The Morgan fingerprint density at radius 2 is 1.71 bits per heavy atom. The SMILES string of the molecule is CC/C(=C\C(=O)OC)B1OC(C)(C)C(C)(C)O1. The Kier molecular flexibility index (Phi) is 4.04. The summed E-state index contributed by atoms with van der Waals surface area (Å²) < 4.78 is 16.3. The van der Waals surface area contributed by atoms with Gasteiger partial charge >= 0.3 is 13.1 Å². The smallest absolute Gasteiger partial charge is 0.466 e. The second kappa shape index (κ2) is 4.82. The first-order valence-corrected chi connectivity index (χ1v) is 5.87. The highest BCUT2D eigenvalue weighted by molar-refractivity contribution is 6.55. The van der Waals surface area contributed by atoms with Crippen molar-refractivity contribution in [2.45, 2.75) is 52.2 Å². The molecule has 1 aliphatic heterocycles. The lowest BCUT2D eigenvalue weighted by atomic mass is 9.76. The van der Waals surface area contributed by atoms with E-state index < -0.39 is 7.12 Å². The van der Waals surface area contributed by atoms with Crippen LogP contribution in [0.5, 0.6) is 0 Å². The molecule has 96 valence electrons. The van der Waals surface area contributed by atoms with E-state index in [1.54, 1.807) is 0 Å². The summed E-state index contributed by atoms with van der Waals surface area (Å²) in [6, 6.07) is 0. The lowest BCUT2D eigenvalue weighted by molar-refractivity contribution is -0.134. The fourth-order valence-corrected chi connectivity index (χ4v) is 1.54. The van der Waals surface area contributed by atoms with Gasteiger partial charge in [-0.1, -0.05) is 6.92 Å². The molecule has 1 aliphatic rings. The molecule has 0 N–H and O–H groups in total. The Balaban J connectivity index is 2.88. The maximum absolute atomic E-state index is 11.3. The fourth-order valence-electron chi connectivity index (χ4n) is 1.54. The molecule has 1 saturated heterocycles. The van der Waals surface area contributed by atoms with Crippen LogP contribution < -0.4 is 0 Å². The minimum atomic E-state index is -0.468. The standard InChI is InChI=1S/C12H21BO4/c1-7-9(8-10(14)15-6)13-16-11(2,3)12(4,5)17-13/h8H,7H2,1-6H3/b9-8+. The summed E-state index contributed by atoms with van der Waals surface area (Å²) in [4.78, 5) is 11.3. The first-order chi connectivity index (χ1) is 7.73. The van der Waals surface area contributed by atoms with Crippen LogP contribution in [0.15, 0.2) is 11.5 Å². The number of hydrogen-bond acceptors (Lipinski definition) is 4. The average molecular weight is 240 g/mol. The van der Waals surface area contributed by atoms with Crippen LogP contribution in [0.4, 0.5) is 0 Å². The molecule has 4 nitrogen and oxygen atoms in total. The number of methoxy groups -OCH3 is 1. The maximum Gasteiger partial charge on any atom is 0.490 e. The quantitative estimate of drug-likeness (QED) is 0.430. The number of carbonyl (C=O) groups excluding carboxylic acids is 1. The molecule has 1 heterocycles. The number of rotatable bonds is 3. The van der Waals surface area contributed by atoms with E-state index in [1.807, 2.05) is 34.6 Å². The van der Waals surface area contributed by atoms with E-state index in [4.69, 9.17) is 9.31 Å². The zero-order valence-electron chi connectivity index (χ0n) is 11.5. The van der Waals surface area contributed by atoms with Crippen LogP contribution in [0.25, 0.3) is 0 Å². The molecule has 0 aliphatic carbocycles. The molecular formula is C12H21BO4.